The molecule has 0 aromatic carbocycles. The maximum Gasteiger partial charge on any atom is 0.471 e. The molecule has 0 aliphatic carbocycles. The number of ether oxygens (including phenoxy) is 1. The normalized spacial score (nSPS) is 13.1. The molecule has 1 N–H and O–H groups in total. The van der Waals surface area contributed by atoms with E-state index in [-0.39, 0.29) is 6.61 Å². The number of alkyl halides is 3. The van der Waals surface area contributed by atoms with Gasteiger partial charge in [-0.3, -0.25) is 4.79 Å². The van der Waals surface area contributed by atoms with E-state index in [2.05, 4.69) is 4.74 Å². The van der Waals surface area contributed by atoms with Crippen molar-refractivity contribution in [1.82, 2.24) is 5.32 Å². The van der Waals surface area contributed by atoms with Crippen LogP contribution >= 0.6 is 0 Å². The maximum absolute atomic E-state index is 11.8. The fourth-order valence-corrected chi connectivity index (χ4v) is 0.665. The molecule has 15 heavy (non-hydrogen) atoms. The first-order valence-electron chi connectivity index (χ1n) is 4.33. The SMILES string of the molecule is CCCOC(=O)C(C)NC(=O)C(F)(F)F. The van der Waals surface area contributed by atoms with Crippen LogP contribution in [0, 0.1) is 0 Å². The van der Waals surface area contributed by atoms with Gasteiger partial charge in [0.25, 0.3) is 0 Å². The van der Waals surface area contributed by atoms with E-state index in [4.69, 9.17) is 0 Å². The van der Waals surface area contributed by atoms with Crippen molar-refractivity contribution in [2.45, 2.75) is 32.5 Å². The summed E-state index contributed by atoms with van der Waals surface area (Å²) in [7, 11) is 0. The summed E-state index contributed by atoms with van der Waals surface area (Å²) in [6.45, 7) is 2.99. The van der Waals surface area contributed by atoms with E-state index in [0.29, 0.717) is 6.42 Å². The Kier molecular flexibility index (Phi) is 5.10. The lowest BCUT2D eigenvalue weighted by Crippen LogP contribution is -2.45. The summed E-state index contributed by atoms with van der Waals surface area (Å²) in [5.41, 5.74) is 0. The summed E-state index contributed by atoms with van der Waals surface area (Å²) in [5.74, 6) is -3.03. The van der Waals surface area contributed by atoms with Crippen LogP contribution in [0.3, 0.4) is 0 Å². The molecule has 0 rings (SSSR count). The van der Waals surface area contributed by atoms with Crippen molar-refractivity contribution in [2.75, 3.05) is 6.61 Å². The lowest BCUT2D eigenvalue weighted by molar-refractivity contribution is -0.175. The molecule has 0 aromatic heterocycles. The van der Waals surface area contributed by atoms with Crippen molar-refractivity contribution in [2.24, 2.45) is 0 Å². The Bertz CT molecular complexity index is 240. The Morgan fingerprint density at radius 2 is 1.93 bits per heavy atom. The molecule has 1 amide bonds. The number of nitrogens with one attached hydrogen (secondary N) is 1. The first-order valence-corrected chi connectivity index (χ1v) is 4.33. The number of halogens is 3. The van der Waals surface area contributed by atoms with Crippen LogP contribution in [0.25, 0.3) is 0 Å². The zero-order valence-corrected chi connectivity index (χ0v) is 8.35. The highest BCUT2D eigenvalue weighted by atomic mass is 19.4. The van der Waals surface area contributed by atoms with Gasteiger partial charge in [-0.2, -0.15) is 13.2 Å². The zero-order chi connectivity index (χ0) is 12.1. The number of carbonyl (C=O) groups is 2. The van der Waals surface area contributed by atoms with Crippen molar-refractivity contribution in [1.29, 1.82) is 0 Å². The summed E-state index contributed by atoms with van der Waals surface area (Å²) < 4.78 is 39.8. The molecule has 0 saturated heterocycles. The first-order chi connectivity index (χ1) is 6.79. The average Bonchev–Trinajstić information content (AvgIpc) is 2.12. The fourth-order valence-electron chi connectivity index (χ4n) is 0.665. The highest BCUT2D eigenvalue weighted by Gasteiger charge is 2.40. The predicted molar refractivity (Wildman–Crippen MR) is 44.9 cm³/mol. The van der Waals surface area contributed by atoms with Crippen LogP contribution in [0.15, 0.2) is 0 Å². The van der Waals surface area contributed by atoms with Gasteiger partial charge in [-0.05, 0) is 13.3 Å². The fraction of sp³-hybridized carbons (Fsp3) is 0.750. The lowest BCUT2D eigenvalue weighted by atomic mass is 10.3. The van der Waals surface area contributed by atoms with Crippen LogP contribution in [0.4, 0.5) is 13.2 Å². The minimum atomic E-state index is -4.99. The molecule has 7 heteroatoms. The third-order valence-electron chi connectivity index (χ3n) is 1.41. The number of hydrogen-bond donors (Lipinski definition) is 1. The van der Waals surface area contributed by atoms with Crippen molar-refractivity contribution in [3.05, 3.63) is 0 Å². The predicted octanol–water partition coefficient (Wildman–Crippen LogP) is 1.01. The molecule has 0 bridgehead atoms. The summed E-state index contributed by atoms with van der Waals surface area (Å²) >= 11 is 0. The van der Waals surface area contributed by atoms with Crippen molar-refractivity contribution in [3.8, 4) is 0 Å². The molecule has 4 nitrogen and oxygen atoms in total. The van der Waals surface area contributed by atoms with Crippen LogP contribution in [0.2, 0.25) is 0 Å². The minimum absolute atomic E-state index is 0.116. The molecule has 1 atom stereocenters. The minimum Gasteiger partial charge on any atom is -0.464 e. The maximum atomic E-state index is 11.8. The Hall–Kier alpha value is -1.27. The van der Waals surface area contributed by atoms with E-state index in [1.165, 1.54) is 5.32 Å². The third kappa shape index (κ3) is 5.24. The van der Waals surface area contributed by atoms with E-state index < -0.39 is 24.1 Å². The Balaban J connectivity index is 4.08. The second-order valence-corrected chi connectivity index (χ2v) is 2.86. The second-order valence-electron chi connectivity index (χ2n) is 2.86. The topological polar surface area (TPSA) is 55.4 Å². The molecular weight excluding hydrogens is 215 g/mol. The summed E-state index contributed by atoms with van der Waals surface area (Å²) in [6.07, 6.45) is -4.43. The van der Waals surface area contributed by atoms with Crippen molar-refractivity contribution in [3.63, 3.8) is 0 Å². The Morgan fingerprint density at radius 3 is 2.33 bits per heavy atom. The monoisotopic (exact) mass is 227 g/mol. The molecule has 88 valence electrons. The standard InChI is InChI=1S/C8H12F3NO3/c1-3-4-15-6(13)5(2)12-7(14)8(9,10)11/h5H,3-4H2,1-2H3,(H,12,14). The molecular formula is C8H12F3NO3. The van der Waals surface area contributed by atoms with Gasteiger partial charge in [-0.1, -0.05) is 6.92 Å². The molecule has 0 aliphatic heterocycles. The van der Waals surface area contributed by atoms with E-state index in [1.807, 2.05) is 0 Å². The first kappa shape index (κ1) is 13.7. The van der Waals surface area contributed by atoms with Gasteiger partial charge in [0.1, 0.15) is 6.04 Å². The largest absolute Gasteiger partial charge is 0.471 e. The molecule has 0 heterocycles. The van der Waals surface area contributed by atoms with Crippen LogP contribution in [-0.4, -0.2) is 30.7 Å². The third-order valence-corrected chi connectivity index (χ3v) is 1.41. The van der Waals surface area contributed by atoms with Crippen LogP contribution in [-0.2, 0) is 14.3 Å². The van der Waals surface area contributed by atoms with Gasteiger partial charge in [0.2, 0.25) is 0 Å². The quantitative estimate of drug-likeness (QED) is 0.729. The van der Waals surface area contributed by atoms with Gasteiger partial charge < -0.3 is 10.1 Å². The number of hydrogen-bond acceptors (Lipinski definition) is 3. The van der Waals surface area contributed by atoms with Crippen LogP contribution in [0.1, 0.15) is 20.3 Å². The number of rotatable bonds is 4. The highest BCUT2D eigenvalue weighted by molar-refractivity contribution is 5.87. The van der Waals surface area contributed by atoms with Gasteiger partial charge in [0, 0.05) is 0 Å². The zero-order valence-electron chi connectivity index (χ0n) is 8.35. The average molecular weight is 227 g/mol. The number of amides is 1. The summed E-state index contributed by atoms with van der Waals surface area (Å²) in [4.78, 5) is 21.4. The molecule has 0 aromatic rings. The van der Waals surface area contributed by atoms with Gasteiger partial charge in [0.05, 0.1) is 6.61 Å². The smallest absolute Gasteiger partial charge is 0.464 e. The van der Waals surface area contributed by atoms with Gasteiger partial charge >= 0.3 is 18.1 Å². The number of esters is 1. The number of carbonyl (C=O) groups excluding carboxylic acids is 2. The summed E-state index contributed by atoms with van der Waals surface area (Å²) in [5, 5.41) is 1.49. The molecule has 0 saturated carbocycles. The van der Waals surface area contributed by atoms with Gasteiger partial charge in [-0.25, -0.2) is 4.79 Å². The molecule has 0 radical (unpaired) electrons. The van der Waals surface area contributed by atoms with Gasteiger partial charge in [-0.15, -0.1) is 0 Å². The van der Waals surface area contributed by atoms with Crippen molar-refractivity contribution >= 4 is 11.9 Å². The summed E-state index contributed by atoms with van der Waals surface area (Å²) in [6, 6.07) is -1.30. The molecule has 0 aliphatic rings. The molecule has 0 fully saturated rings. The van der Waals surface area contributed by atoms with E-state index in [9.17, 15) is 22.8 Å². The Labute approximate surface area is 84.8 Å². The lowest BCUT2D eigenvalue weighted by Gasteiger charge is -2.13. The van der Waals surface area contributed by atoms with E-state index in [1.54, 1.807) is 6.92 Å². The molecule has 0 spiro atoms. The Morgan fingerprint density at radius 1 is 1.40 bits per heavy atom. The van der Waals surface area contributed by atoms with E-state index >= 15 is 0 Å². The van der Waals surface area contributed by atoms with Crippen LogP contribution < -0.4 is 5.32 Å². The highest BCUT2D eigenvalue weighted by Crippen LogP contribution is 2.14. The molecule has 1 unspecified atom stereocenters. The van der Waals surface area contributed by atoms with Crippen molar-refractivity contribution < 1.29 is 27.5 Å². The van der Waals surface area contributed by atoms with E-state index in [0.717, 1.165) is 6.92 Å². The van der Waals surface area contributed by atoms with Gasteiger partial charge in [0.15, 0.2) is 0 Å². The van der Waals surface area contributed by atoms with Crippen LogP contribution in [0.5, 0.6) is 0 Å². The second kappa shape index (κ2) is 5.57.